The van der Waals surface area contributed by atoms with E-state index in [1.54, 1.807) is 4.90 Å². The molecule has 1 fully saturated rings. The summed E-state index contributed by atoms with van der Waals surface area (Å²) in [6.45, 7) is 1.66. The van der Waals surface area contributed by atoms with Crippen molar-refractivity contribution in [2.24, 2.45) is 5.92 Å². The number of urea groups is 1. The number of benzene rings is 2. The predicted octanol–water partition coefficient (Wildman–Crippen LogP) is 2.88. The van der Waals surface area contributed by atoms with Gasteiger partial charge in [-0.15, -0.1) is 0 Å². The Morgan fingerprint density at radius 3 is 2.42 bits per heavy atom. The third-order valence-electron chi connectivity index (χ3n) is 4.44. The Labute approximate surface area is 152 Å². The molecule has 0 saturated carbocycles. The van der Waals surface area contributed by atoms with E-state index >= 15 is 0 Å². The second-order valence-electron chi connectivity index (χ2n) is 6.35. The third-order valence-corrected chi connectivity index (χ3v) is 4.44. The Bertz CT molecular complexity index is 746. The number of carboxylic acids is 1. The highest BCUT2D eigenvalue weighted by atomic mass is 16.5. The molecule has 1 heterocycles. The van der Waals surface area contributed by atoms with Crippen molar-refractivity contribution in [3.05, 3.63) is 65.7 Å². The molecular formula is C20H22N2O4. The van der Waals surface area contributed by atoms with E-state index < -0.39 is 11.9 Å². The molecule has 2 aromatic rings. The number of para-hydroxylation sites is 1. The second kappa shape index (κ2) is 8.38. The summed E-state index contributed by atoms with van der Waals surface area (Å²) >= 11 is 0. The zero-order chi connectivity index (χ0) is 18.4. The Morgan fingerprint density at radius 1 is 1.08 bits per heavy atom. The molecule has 6 heteroatoms. The van der Waals surface area contributed by atoms with Gasteiger partial charge in [0.15, 0.2) is 0 Å². The number of nitrogens with one attached hydrogen (secondary N) is 1. The monoisotopic (exact) mass is 354 g/mol. The molecule has 1 aliphatic heterocycles. The summed E-state index contributed by atoms with van der Waals surface area (Å²) < 4.78 is 5.70. The highest BCUT2D eigenvalue weighted by Gasteiger charge is 2.30. The Balaban J connectivity index is 1.44. The molecule has 6 nitrogen and oxygen atoms in total. The topological polar surface area (TPSA) is 78.9 Å². The van der Waals surface area contributed by atoms with Gasteiger partial charge in [0, 0.05) is 19.6 Å². The van der Waals surface area contributed by atoms with Crippen molar-refractivity contribution in [1.29, 1.82) is 0 Å². The number of ether oxygens (including phenoxy) is 1. The van der Waals surface area contributed by atoms with Gasteiger partial charge in [0.05, 0.1) is 5.92 Å². The van der Waals surface area contributed by atoms with Gasteiger partial charge >= 0.3 is 12.0 Å². The number of carboxylic acid groups (broad SMARTS) is 1. The SMILES string of the molecule is O=C(O)C1CCN(C(=O)NCc2ccc(COc3ccccc3)cc2)C1. The van der Waals surface area contributed by atoms with Crippen molar-refractivity contribution in [3.63, 3.8) is 0 Å². The van der Waals surface area contributed by atoms with Gasteiger partial charge in [0.1, 0.15) is 12.4 Å². The molecule has 26 heavy (non-hydrogen) atoms. The average Bonchev–Trinajstić information content (AvgIpc) is 3.17. The summed E-state index contributed by atoms with van der Waals surface area (Å²) in [4.78, 5) is 24.6. The van der Waals surface area contributed by atoms with Crippen LogP contribution in [0, 0.1) is 5.92 Å². The van der Waals surface area contributed by atoms with E-state index in [0.29, 0.717) is 26.1 Å². The molecule has 2 aromatic carbocycles. The lowest BCUT2D eigenvalue weighted by molar-refractivity contribution is -0.141. The molecule has 2 amide bonds. The molecule has 0 bridgehead atoms. The Kier molecular flexibility index (Phi) is 5.73. The lowest BCUT2D eigenvalue weighted by Crippen LogP contribution is -2.38. The van der Waals surface area contributed by atoms with Crippen LogP contribution in [-0.4, -0.2) is 35.1 Å². The summed E-state index contributed by atoms with van der Waals surface area (Å²) in [7, 11) is 0. The van der Waals surface area contributed by atoms with Crippen LogP contribution in [0.5, 0.6) is 5.75 Å². The largest absolute Gasteiger partial charge is 0.489 e. The lowest BCUT2D eigenvalue weighted by atomic mass is 10.1. The Hall–Kier alpha value is -3.02. The van der Waals surface area contributed by atoms with Crippen LogP contribution in [0.1, 0.15) is 17.5 Å². The molecule has 1 aliphatic rings. The number of aliphatic carboxylic acids is 1. The van der Waals surface area contributed by atoms with E-state index in [1.165, 1.54) is 0 Å². The van der Waals surface area contributed by atoms with Gasteiger partial charge in [-0.05, 0) is 29.7 Å². The first kappa shape index (κ1) is 17.8. The predicted molar refractivity (Wildman–Crippen MR) is 96.8 cm³/mol. The number of carbonyl (C=O) groups excluding carboxylic acids is 1. The van der Waals surface area contributed by atoms with Crippen LogP contribution in [0.3, 0.4) is 0 Å². The van der Waals surface area contributed by atoms with Crippen LogP contribution in [0.4, 0.5) is 4.79 Å². The van der Waals surface area contributed by atoms with E-state index in [2.05, 4.69) is 5.32 Å². The van der Waals surface area contributed by atoms with Crippen LogP contribution in [0.15, 0.2) is 54.6 Å². The van der Waals surface area contributed by atoms with E-state index in [4.69, 9.17) is 9.84 Å². The van der Waals surface area contributed by atoms with Crippen LogP contribution in [-0.2, 0) is 17.9 Å². The van der Waals surface area contributed by atoms with Crippen molar-refractivity contribution < 1.29 is 19.4 Å². The number of rotatable bonds is 6. The summed E-state index contributed by atoms with van der Waals surface area (Å²) in [5.41, 5.74) is 2.03. The van der Waals surface area contributed by atoms with E-state index in [1.807, 2.05) is 54.6 Å². The lowest BCUT2D eigenvalue weighted by Gasteiger charge is -2.16. The fourth-order valence-electron chi connectivity index (χ4n) is 2.87. The zero-order valence-electron chi connectivity index (χ0n) is 14.4. The molecule has 0 aromatic heterocycles. The summed E-state index contributed by atoms with van der Waals surface area (Å²) in [6, 6.07) is 17.3. The molecule has 136 valence electrons. The van der Waals surface area contributed by atoms with Crippen molar-refractivity contribution in [2.75, 3.05) is 13.1 Å². The molecule has 0 radical (unpaired) electrons. The van der Waals surface area contributed by atoms with Crippen molar-refractivity contribution in [1.82, 2.24) is 10.2 Å². The zero-order valence-corrected chi connectivity index (χ0v) is 14.4. The first-order chi connectivity index (χ1) is 12.6. The molecular weight excluding hydrogens is 332 g/mol. The van der Waals surface area contributed by atoms with Gasteiger partial charge in [-0.3, -0.25) is 4.79 Å². The quantitative estimate of drug-likeness (QED) is 0.836. The first-order valence-electron chi connectivity index (χ1n) is 8.63. The molecule has 2 N–H and O–H groups in total. The van der Waals surface area contributed by atoms with Crippen molar-refractivity contribution in [3.8, 4) is 5.75 Å². The van der Waals surface area contributed by atoms with Crippen LogP contribution in [0.25, 0.3) is 0 Å². The van der Waals surface area contributed by atoms with Gasteiger partial charge in [0.25, 0.3) is 0 Å². The summed E-state index contributed by atoms with van der Waals surface area (Å²) in [5, 5.41) is 11.8. The number of hydrogen-bond donors (Lipinski definition) is 2. The van der Waals surface area contributed by atoms with Gasteiger partial charge in [-0.25, -0.2) is 4.79 Å². The summed E-state index contributed by atoms with van der Waals surface area (Å²) in [6.07, 6.45) is 0.513. The third kappa shape index (κ3) is 4.75. The van der Waals surface area contributed by atoms with Crippen LogP contribution < -0.4 is 10.1 Å². The highest BCUT2D eigenvalue weighted by molar-refractivity contribution is 5.77. The van der Waals surface area contributed by atoms with E-state index in [0.717, 1.165) is 16.9 Å². The minimum atomic E-state index is -0.839. The van der Waals surface area contributed by atoms with Crippen LogP contribution >= 0.6 is 0 Å². The van der Waals surface area contributed by atoms with Gasteiger partial charge < -0.3 is 20.1 Å². The van der Waals surface area contributed by atoms with Crippen molar-refractivity contribution >= 4 is 12.0 Å². The molecule has 1 unspecified atom stereocenters. The fourth-order valence-corrected chi connectivity index (χ4v) is 2.87. The number of likely N-dealkylation sites (tertiary alicyclic amines) is 1. The summed E-state index contributed by atoms with van der Waals surface area (Å²) in [5.74, 6) is -0.465. The maximum absolute atomic E-state index is 12.1. The van der Waals surface area contributed by atoms with Crippen molar-refractivity contribution in [2.45, 2.75) is 19.6 Å². The standard InChI is InChI=1S/C20H22N2O4/c23-19(24)17-10-11-22(13-17)20(25)21-12-15-6-8-16(9-7-15)14-26-18-4-2-1-3-5-18/h1-9,17H,10-14H2,(H,21,25)(H,23,24). The fraction of sp³-hybridized carbons (Fsp3) is 0.300. The minimum Gasteiger partial charge on any atom is -0.489 e. The van der Waals surface area contributed by atoms with Gasteiger partial charge in [0.2, 0.25) is 0 Å². The smallest absolute Gasteiger partial charge is 0.317 e. The Morgan fingerprint density at radius 2 is 1.77 bits per heavy atom. The molecule has 1 atom stereocenters. The first-order valence-corrected chi connectivity index (χ1v) is 8.63. The van der Waals surface area contributed by atoms with Gasteiger partial charge in [-0.1, -0.05) is 42.5 Å². The molecule has 0 aliphatic carbocycles. The highest BCUT2D eigenvalue weighted by Crippen LogP contribution is 2.16. The number of nitrogens with zero attached hydrogens (tertiary/aromatic N) is 1. The molecule has 1 saturated heterocycles. The minimum absolute atomic E-state index is 0.217. The number of hydrogen-bond acceptors (Lipinski definition) is 3. The van der Waals surface area contributed by atoms with E-state index in [9.17, 15) is 9.59 Å². The van der Waals surface area contributed by atoms with E-state index in [-0.39, 0.29) is 12.6 Å². The molecule has 0 spiro atoms. The van der Waals surface area contributed by atoms with Crippen LogP contribution in [0.2, 0.25) is 0 Å². The normalized spacial score (nSPS) is 16.3. The number of carbonyl (C=O) groups is 2. The van der Waals surface area contributed by atoms with Gasteiger partial charge in [-0.2, -0.15) is 0 Å². The molecule has 3 rings (SSSR count). The number of amides is 2. The second-order valence-corrected chi connectivity index (χ2v) is 6.35. The average molecular weight is 354 g/mol. The maximum Gasteiger partial charge on any atom is 0.317 e. The maximum atomic E-state index is 12.1.